The van der Waals surface area contributed by atoms with E-state index < -0.39 is 5.82 Å². The predicted octanol–water partition coefficient (Wildman–Crippen LogP) is 2.26. The lowest BCUT2D eigenvalue weighted by molar-refractivity contribution is -0.113. The van der Waals surface area contributed by atoms with Crippen molar-refractivity contribution >= 4 is 29.0 Å². The largest absolute Gasteiger partial charge is 0.397 e. The molecule has 0 radical (unpaired) electrons. The molecule has 0 bridgehead atoms. The first-order chi connectivity index (χ1) is 9.06. The van der Waals surface area contributed by atoms with Gasteiger partial charge in [-0.2, -0.15) is 0 Å². The highest BCUT2D eigenvalue weighted by molar-refractivity contribution is 8.00. The second-order valence-corrected chi connectivity index (χ2v) is 5.72. The molecule has 1 heterocycles. The number of hydrogen-bond acceptors (Lipinski definition) is 4. The Hall–Kier alpha value is -1.27. The zero-order valence-electron chi connectivity index (χ0n) is 10.7. The standard InChI is InChI=1S/C13H17FN2O2S/c1-8-12(4-5-18-8)19-7-13(17)16-11-3-2-9(14)6-10(11)15/h2-3,6,8,12H,4-5,7,15H2,1H3,(H,16,17). The molecule has 0 saturated carbocycles. The molecule has 1 aliphatic rings. The van der Waals surface area contributed by atoms with Gasteiger partial charge in [-0.05, 0) is 31.5 Å². The second-order valence-electron chi connectivity index (χ2n) is 4.49. The molecule has 3 N–H and O–H groups in total. The zero-order chi connectivity index (χ0) is 13.8. The first kappa shape index (κ1) is 14.1. The van der Waals surface area contributed by atoms with Gasteiger partial charge in [0, 0.05) is 11.9 Å². The third-order valence-corrected chi connectivity index (χ3v) is 4.50. The molecule has 0 spiro atoms. The van der Waals surface area contributed by atoms with Gasteiger partial charge < -0.3 is 15.8 Å². The molecule has 104 valence electrons. The fraction of sp³-hybridized carbons (Fsp3) is 0.462. The van der Waals surface area contributed by atoms with Crippen LogP contribution in [0, 0.1) is 5.82 Å². The molecule has 1 aromatic carbocycles. The van der Waals surface area contributed by atoms with E-state index in [0.29, 0.717) is 16.7 Å². The van der Waals surface area contributed by atoms with E-state index in [1.54, 1.807) is 11.8 Å². The Labute approximate surface area is 115 Å². The number of carbonyl (C=O) groups is 1. The van der Waals surface area contributed by atoms with Crippen LogP contribution in [0.5, 0.6) is 0 Å². The maximum Gasteiger partial charge on any atom is 0.234 e. The first-order valence-electron chi connectivity index (χ1n) is 6.14. The Morgan fingerprint density at radius 2 is 2.42 bits per heavy atom. The lowest BCUT2D eigenvalue weighted by Gasteiger charge is -2.13. The molecule has 19 heavy (non-hydrogen) atoms. The average Bonchev–Trinajstić information content (AvgIpc) is 2.76. The summed E-state index contributed by atoms with van der Waals surface area (Å²) in [4.78, 5) is 11.8. The minimum atomic E-state index is -0.415. The highest BCUT2D eigenvalue weighted by atomic mass is 32.2. The average molecular weight is 284 g/mol. The molecule has 0 aliphatic carbocycles. The van der Waals surface area contributed by atoms with Crippen molar-refractivity contribution in [3.05, 3.63) is 24.0 Å². The Kier molecular flexibility index (Phi) is 4.66. The van der Waals surface area contributed by atoms with Crippen molar-refractivity contribution in [1.29, 1.82) is 0 Å². The monoisotopic (exact) mass is 284 g/mol. The van der Waals surface area contributed by atoms with Gasteiger partial charge in [-0.25, -0.2) is 4.39 Å². The molecule has 1 amide bonds. The van der Waals surface area contributed by atoms with E-state index in [4.69, 9.17) is 10.5 Å². The summed E-state index contributed by atoms with van der Waals surface area (Å²) < 4.78 is 18.3. The number of nitrogen functional groups attached to an aromatic ring is 1. The Morgan fingerprint density at radius 1 is 1.63 bits per heavy atom. The summed E-state index contributed by atoms with van der Waals surface area (Å²) in [6, 6.07) is 3.93. The fourth-order valence-corrected chi connectivity index (χ4v) is 3.00. The summed E-state index contributed by atoms with van der Waals surface area (Å²) in [5.41, 5.74) is 6.31. The molecule has 2 atom stereocenters. The molecule has 1 aliphatic heterocycles. The van der Waals surface area contributed by atoms with Crippen LogP contribution in [0.15, 0.2) is 18.2 Å². The van der Waals surface area contributed by atoms with Crippen LogP contribution in [0.4, 0.5) is 15.8 Å². The van der Waals surface area contributed by atoms with Crippen molar-refractivity contribution in [3.63, 3.8) is 0 Å². The molecular formula is C13H17FN2O2S. The highest BCUT2D eigenvalue weighted by Crippen LogP contribution is 2.26. The number of amides is 1. The lowest BCUT2D eigenvalue weighted by atomic mass is 10.2. The van der Waals surface area contributed by atoms with Crippen molar-refractivity contribution in [2.45, 2.75) is 24.7 Å². The molecule has 1 saturated heterocycles. The minimum absolute atomic E-state index is 0.137. The Bertz CT molecular complexity index is 470. The van der Waals surface area contributed by atoms with Crippen LogP contribution >= 0.6 is 11.8 Å². The number of thioether (sulfide) groups is 1. The molecule has 0 aromatic heterocycles. The second kappa shape index (κ2) is 6.25. The van der Waals surface area contributed by atoms with Crippen molar-refractivity contribution in [1.82, 2.24) is 0 Å². The van der Waals surface area contributed by atoms with E-state index >= 15 is 0 Å². The van der Waals surface area contributed by atoms with Crippen molar-refractivity contribution in [3.8, 4) is 0 Å². The number of anilines is 2. The van der Waals surface area contributed by atoms with Gasteiger partial charge in [0.05, 0.1) is 23.2 Å². The van der Waals surface area contributed by atoms with Crippen LogP contribution in [-0.4, -0.2) is 29.6 Å². The number of nitrogens with one attached hydrogen (secondary N) is 1. The number of ether oxygens (including phenoxy) is 1. The van der Waals surface area contributed by atoms with Gasteiger partial charge >= 0.3 is 0 Å². The third kappa shape index (κ3) is 3.84. The summed E-state index contributed by atoms with van der Waals surface area (Å²) in [5, 5.41) is 3.04. The smallest absolute Gasteiger partial charge is 0.234 e. The number of carbonyl (C=O) groups excluding carboxylic acids is 1. The Balaban J connectivity index is 1.84. The van der Waals surface area contributed by atoms with Crippen molar-refractivity contribution in [2.24, 2.45) is 0 Å². The number of hydrogen-bond donors (Lipinski definition) is 2. The van der Waals surface area contributed by atoms with Gasteiger partial charge in [0.2, 0.25) is 5.91 Å². The van der Waals surface area contributed by atoms with Gasteiger partial charge in [0.25, 0.3) is 0 Å². The third-order valence-electron chi connectivity index (χ3n) is 3.02. The first-order valence-corrected chi connectivity index (χ1v) is 7.19. The topological polar surface area (TPSA) is 64.3 Å². The molecule has 2 rings (SSSR count). The van der Waals surface area contributed by atoms with Crippen LogP contribution in [0.25, 0.3) is 0 Å². The van der Waals surface area contributed by atoms with Gasteiger partial charge in [-0.1, -0.05) is 0 Å². The fourth-order valence-electron chi connectivity index (χ4n) is 1.95. The van der Waals surface area contributed by atoms with E-state index in [1.165, 1.54) is 18.2 Å². The summed E-state index contributed by atoms with van der Waals surface area (Å²) >= 11 is 1.58. The van der Waals surface area contributed by atoms with Crippen LogP contribution in [0.2, 0.25) is 0 Å². The predicted molar refractivity (Wildman–Crippen MR) is 75.7 cm³/mol. The number of rotatable bonds is 4. The molecule has 6 heteroatoms. The van der Waals surface area contributed by atoms with E-state index in [-0.39, 0.29) is 17.7 Å². The normalized spacial score (nSPS) is 22.4. The summed E-state index contributed by atoms with van der Waals surface area (Å²) in [5.74, 6) is -0.209. The molecule has 4 nitrogen and oxygen atoms in total. The quantitative estimate of drug-likeness (QED) is 0.832. The molecule has 2 unspecified atom stereocenters. The summed E-state index contributed by atoms with van der Waals surface area (Å²) in [6.07, 6.45) is 1.16. The maximum absolute atomic E-state index is 12.9. The van der Waals surface area contributed by atoms with E-state index in [2.05, 4.69) is 5.32 Å². The van der Waals surface area contributed by atoms with Crippen LogP contribution in [0.3, 0.4) is 0 Å². The molecule has 1 fully saturated rings. The van der Waals surface area contributed by atoms with Crippen LogP contribution in [-0.2, 0) is 9.53 Å². The summed E-state index contributed by atoms with van der Waals surface area (Å²) in [6.45, 7) is 2.77. The highest BCUT2D eigenvalue weighted by Gasteiger charge is 2.25. The number of halogens is 1. The van der Waals surface area contributed by atoms with Crippen LogP contribution in [0.1, 0.15) is 13.3 Å². The lowest BCUT2D eigenvalue weighted by Crippen LogP contribution is -2.20. The van der Waals surface area contributed by atoms with E-state index in [0.717, 1.165) is 13.0 Å². The van der Waals surface area contributed by atoms with Gasteiger partial charge in [0.15, 0.2) is 0 Å². The summed E-state index contributed by atoms with van der Waals surface area (Å²) in [7, 11) is 0. The SMILES string of the molecule is CC1OCCC1SCC(=O)Nc1ccc(F)cc1N. The zero-order valence-corrected chi connectivity index (χ0v) is 11.5. The number of benzene rings is 1. The van der Waals surface area contributed by atoms with Crippen molar-refractivity contribution in [2.75, 3.05) is 23.4 Å². The van der Waals surface area contributed by atoms with Crippen molar-refractivity contribution < 1.29 is 13.9 Å². The van der Waals surface area contributed by atoms with E-state index in [1.807, 2.05) is 6.92 Å². The van der Waals surface area contributed by atoms with E-state index in [9.17, 15) is 9.18 Å². The van der Waals surface area contributed by atoms with Gasteiger partial charge in [-0.3, -0.25) is 4.79 Å². The Morgan fingerprint density at radius 3 is 3.05 bits per heavy atom. The maximum atomic E-state index is 12.9. The molecular weight excluding hydrogens is 267 g/mol. The van der Waals surface area contributed by atoms with Crippen LogP contribution < -0.4 is 11.1 Å². The van der Waals surface area contributed by atoms with Gasteiger partial charge in [0.1, 0.15) is 5.82 Å². The molecule has 1 aromatic rings. The minimum Gasteiger partial charge on any atom is -0.397 e. The number of nitrogens with two attached hydrogens (primary N) is 1. The van der Waals surface area contributed by atoms with Gasteiger partial charge in [-0.15, -0.1) is 11.8 Å².